The van der Waals surface area contributed by atoms with Crippen LogP contribution in [0, 0.1) is 0 Å². The van der Waals surface area contributed by atoms with E-state index in [1.54, 1.807) is 0 Å². The van der Waals surface area contributed by atoms with Gasteiger partial charge in [-0.1, -0.05) is 6.92 Å². The number of ether oxygens (including phenoxy) is 1. The first-order valence-corrected chi connectivity index (χ1v) is 5.81. The average Bonchev–Trinajstić information content (AvgIpc) is 2.16. The topological polar surface area (TPSA) is 38.3 Å². The van der Waals surface area contributed by atoms with Crippen molar-refractivity contribution in [2.75, 3.05) is 31.7 Å². The number of hydrogen-bond donors (Lipinski definition) is 1. The smallest absolute Gasteiger partial charge is 0.325 e. The zero-order chi connectivity index (χ0) is 10.1. The lowest BCUT2D eigenvalue weighted by Crippen LogP contribution is -2.31. The fourth-order valence-electron chi connectivity index (χ4n) is 0.729. The summed E-state index contributed by atoms with van der Waals surface area (Å²) in [5.41, 5.74) is 0. The number of carbonyl (C=O) groups is 1. The first-order valence-electron chi connectivity index (χ1n) is 4.22. The molecule has 0 radical (unpaired) electrons. The van der Waals surface area contributed by atoms with Crippen LogP contribution in [-0.2, 0) is 9.53 Å². The van der Waals surface area contributed by atoms with E-state index in [0.717, 1.165) is 18.1 Å². The van der Waals surface area contributed by atoms with Crippen molar-refractivity contribution < 1.29 is 9.53 Å². The molecule has 0 bridgehead atoms. The van der Waals surface area contributed by atoms with Crippen molar-refractivity contribution in [3.63, 3.8) is 0 Å². The van der Waals surface area contributed by atoms with Crippen LogP contribution in [0.1, 0.15) is 6.92 Å². The fraction of sp³-hybridized carbons (Fsp3) is 0.875. The van der Waals surface area contributed by atoms with Crippen LogP contribution in [0.5, 0.6) is 0 Å². The molecule has 0 spiro atoms. The first-order chi connectivity index (χ1) is 6.22. The van der Waals surface area contributed by atoms with E-state index >= 15 is 0 Å². The minimum Gasteiger partial charge on any atom is -0.468 e. The van der Waals surface area contributed by atoms with Gasteiger partial charge in [-0.25, -0.2) is 0 Å². The largest absolute Gasteiger partial charge is 0.468 e. The van der Waals surface area contributed by atoms with Gasteiger partial charge in [0.05, 0.1) is 7.11 Å². The van der Waals surface area contributed by atoms with Crippen molar-refractivity contribution >= 4 is 29.3 Å². The third-order valence-corrected chi connectivity index (χ3v) is 2.64. The molecule has 1 N–H and O–H groups in total. The number of alkyl halides is 1. The van der Waals surface area contributed by atoms with Crippen molar-refractivity contribution in [2.45, 2.75) is 12.3 Å². The molecule has 78 valence electrons. The molecule has 5 heteroatoms. The van der Waals surface area contributed by atoms with Crippen LogP contribution in [0.4, 0.5) is 0 Å². The molecule has 0 saturated carbocycles. The quantitative estimate of drug-likeness (QED) is 0.400. The molecule has 0 heterocycles. The highest BCUT2D eigenvalue weighted by Gasteiger charge is 2.14. The Kier molecular flexibility index (Phi) is 8.71. The second-order valence-corrected chi connectivity index (χ2v) is 4.31. The van der Waals surface area contributed by atoms with Gasteiger partial charge in [0.1, 0.15) is 5.38 Å². The summed E-state index contributed by atoms with van der Waals surface area (Å²) in [7, 11) is 1.34. The van der Waals surface area contributed by atoms with E-state index in [1.807, 2.05) is 11.8 Å². The van der Waals surface area contributed by atoms with E-state index in [1.165, 1.54) is 7.11 Å². The molecular formula is C8H16ClNO2S. The monoisotopic (exact) mass is 225 g/mol. The SMILES string of the molecule is CCSCCNCC(Cl)C(=O)OC. The Hall–Kier alpha value is 0.0700. The Morgan fingerprint density at radius 1 is 1.69 bits per heavy atom. The number of halogens is 1. The van der Waals surface area contributed by atoms with Crippen LogP contribution in [0.2, 0.25) is 0 Å². The van der Waals surface area contributed by atoms with E-state index in [9.17, 15) is 4.79 Å². The molecule has 13 heavy (non-hydrogen) atoms. The number of methoxy groups -OCH3 is 1. The summed E-state index contributed by atoms with van der Waals surface area (Å²) in [6.45, 7) is 3.46. The molecule has 0 aliphatic rings. The third kappa shape index (κ3) is 7.16. The van der Waals surface area contributed by atoms with E-state index in [-0.39, 0.29) is 5.97 Å². The highest BCUT2D eigenvalue weighted by atomic mass is 35.5. The van der Waals surface area contributed by atoms with Gasteiger partial charge in [-0.15, -0.1) is 11.6 Å². The third-order valence-electron chi connectivity index (χ3n) is 1.41. The molecule has 0 aromatic carbocycles. The second kappa shape index (κ2) is 8.66. The Morgan fingerprint density at radius 2 is 2.38 bits per heavy atom. The summed E-state index contributed by atoms with van der Waals surface area (Å²) in [5.74, 6) is 1.78. The summed E-state index contributed by atoms with van der Waals surface area (Å²) in [5, 5.41) is 2.51. The van der Waals surface area contributed by atoms with Gasteiger partial charge in [0.2, 0.25) is 0 Å². The molecule has 0 amide bonds. The minimum atomic E-state index is -0.573. The fourth-order valence-corrected chi connectivity index (χ4v) is 1.50. The number of rotatable bonds is 7. The number of carbonyl (C=O) groups excluding carboxylic acids is 1. The molecule has 1 unspecified atom stereocenters. The maximum Gasteiger partial charge on any atom is 0.325 e. The maximum atomic E-state index is 10.8. The van der Waals surface area contributed by atoms with Crippen molar-refractivity contribution in [2.24, 2.45) is 0 Å². The highest BCUT2D eigenvalue weighted by Crippen LogP contribution is 1.98. The summed E-state index contributed by atoms with van der Waals surface area (Å²) < 4.78 is 4.47. The molecule has 0 aliphatic heterocycles. The predicted octanol–water partition coefficient (Wildman–Crippen LogP) is 1.11. The predicted molar refractivity (Wildman–Crippen MR) is 57.5 cm³/mol. The number of esters is 1. The van der Waals surface area contributed by atoms with E-state index in [4.69, 9.17) is 11.6 Å². The summed E-state index contributed by atoms with van der Waals surface area (Å²) in [4.78, 5) is 10.8. The number of hydrogen-bond acceptors (Lipinski definition) is 4. The highest BCUT2D eigenvalue weighted by molar-refractivity contribution is 7.99. The van der Waals surface area contributed by atoms with E-state index in [2.05, 4.69) is 17.0 Å². The molecule has 0 aliphatic carbocycles. The van der Waals surface area contributed by atoms with Crippen LogP contribution in [0.25, 0.3) is 0 Å². The van der Waals surface area contributed by atoms with Crippen LogP contribution in [0.3, 0.4) is 0 Å². The molecule has 0 rings (SSSR count). The molecule has 0 fully saturated rings. The van der Waals surface area contributed by atoms with Gasteiger partial charge in [-0.3, -0.25) is 4.79 Å². The van der Waals surface area contributed by atoms with Crippen LogP contribution < -0.4 is 5.32 Å². The number of nitrogens with one attached hydrogen (secondary N) is 1. The standard InChI is InChI=1S/C8H16ClNO2S/c1-3-13-5-4-10-6-7(9)8(11)12-2/h7,10H,3-6H2,1-2H3. The zero-order valence-electron chi connectivity index (χ0n) is 8.01. The molecule has 1 atom stereocenters. The average molecular weight is 226 g/mol. The molecular weight excluding hydrogens is 210 g/mol. The lowest BCUT2D eigenvalue weighted by Gasteiger charge is -2.07. The van der Waals surface area contributed by atoms with E-state index in [0.29, 0.717) is 6.54 Å². The zero-order valence-corrected chi connectivity index (χ0v) is 9.58. The number of thioether (sulfide) groups is 1. The van der Waals surface area contributed by atoms with Gasteiger partial charge in [0, 0.05) is 18.8 Å². The van der Waals surface area contributed by atoms with Gasteiger partial charge < -0.3 is 10.1 Å². The normalized spacial score (nSPS) is 12.5. The van der Waals surface area contributed by atoms with Gasteiger partial charge in [-0.2, -0.15) is 11.8 Å². The van der Waals surface area contributed by atoms with Crippen LogP contribution in [0.15, 0.2) is 0 Å². The Morgan fingerprint density at radius 3 is 2.92 bits per heavy atom. The van der Waals surface area contributed by atoms with Gasteiger partial charge >= 0.3 is 5.97 Å². The van der Waals surface area contributed by atoms with Crippen molar-refractivity contribution in [1.29, 1.82) is 0 Å². The summed E-state index contributed by atoms with van der Waals surface area (Å²) in [6.07, 6.45) is 0. The van der Waals surface area contributed by atoms with Gasteiger partial charge in [0.15, 0.2) is 0 Å². The van der Waals surface area contributed by atoms with Gasteiger partial charge in [0.25, 0.3) is 0 Å². The van der Waals surface area contributed by atoms with Gasteiger partial charge in [-0.05, 0) is 5.75 Å². The molecule has 0 aromatic heterocycles. The summed E-state index contributed by atoms with van der Waals surface area (Å²) in [6, 6.07) is 0. The Labute approximate surface area is 88.5 Å². The Balaban J connectivity index is 3.26. The first kappa shape index (κ1) is 13.1. The Bertz CT molecular complexity index is 146. The second-order valence-electron chi connectivity index (χ2n) is 2.39. The van der Waals surface area contributed by atoms with Crippen LogP contribution in [-0.4, -0.2) is 43.1 Å². The molecule has 0 saturated heterocycles. The van der Waals surface area contributed by atoms with E-state index < -0.39 is 5.38 Å². The summed E-state index contributed by atoms with van der Waals surface area (Å²) >= 11 is 7.55. The lowest BCUT2D eigenvalue weighted by molar-refractivity contribution is -0.140. The lowest BCUT2D eigenvalue weighted by atomic mass is 10.4. The van der Waals surface area contributed by atoms with Crippen molar-refractivity contribution in [3.8, 4) is 0 Å². The van der Waals surface area contributed by atoms with Crippen molar-refractivity contribution in [1.82, 2.24) is 5.32 Å². The molecule has 0 aromatic rings. The molecule has 3 nitrogen and oxygen atoms in total. The van der Waals surface area contributed by atoms with Crippen LogP contribution >= 0.6 is 23.4 Å². The minimum absolute atomic E-state index is 0.377. The maximum absolute atomic E-state index is 10.8. The van der Waals surface area contributed by atoms with Crippen molar-refractivity contribution in [3.05, 3.63) is 0 Å².